The van der Waals surface area contributed by atoms with Crippen molar-refractivity contribution in [3.8, 4) is 11.5 Å². The summed E-state index contributed by atoms with van der Waals surface area (Å²) in [5.41, 5.74) is -0.0423. The number of phenolic OH excluding ortho intramolecular Hbond substituents is 2. The second-order valence-electron chi connectivity index (χ2n) is 3.65. The average Bonchev–Trinajstić information content (AvgIpc) is 2.46. The van der Waals surface area contributed by atoms with Crippen LogP contribution in [0.3, 0.4) is 0 Å². The Bertz CT molecular complexity index is 565. The minimum absolute atomic E-state index is 0.103. The summed E-state index contributed by atoms with van der Waals surface area (Å²) in [5, 5.41) is 18.7. The van der Waals surface area contributed by atoms with Gasteiger partial charge in [-0.15, -0.1) is 0 Å². The summed E-state index contributed by atoms with van der Waals surface area (Å²) in [5.74, 6) is -0.622. The molecule has 0 unspecified atom stereocenters. The van der Waals surface area contributed by atoms with Crippen LogP contribution in [0.1, 0.15) is 19.9 Å². The highest BCUT2D eigenvalue weighted by Gasteiger charge is 2.14. The predicted octanol–water partition coefficient (Wildman–Crippen LogP) is 1.59. The number of aromatic hydroxyl groups is 2. The van der Waals surface area contributed by atoms with Gasteiger partial charge in [-0.1, -0.05) is 0 Å². The maximum atomic E-state index is 11.7. The number of rotatable bonds is 1. The van der Waals surface area contributed by atoms with Crippen LogP contribution in [-0.4, -0.2) is 15.0 Å². The van der Waals surface area contributed by atoms with Crippen molar-refractivity contribution < 1.29 is 14.7 Å². The molecule has 0 aliphatic carbocycles. The van der Waals surface area contributed by atoms with Crippen molar-refractivity contribution in [2.75, 3.05) is 0 Å². The molecule has 0 aliphatic rings. The van der Waals surface area contributed by atoms with E-state index in [4.69, 9.17) is 4.52 Å². The second-order valence-corrected chi connectivity index (χ2v) is 3.65. The third-order valence-electron chi connectivity index (χ3n) is 2.17. The Labute approximate surface area is 85.1 Å². The standard InChI is InChI=1S/C10H11NO4/c1-5(2)11-10(14)6-3-7(12)8(13)4-9(6)15-11/h3-5,12-13H,1-2H3. The first-order chi connectivity index (χ1) is 7.00. The Morgan fingerprint density at radius 3 is 2.47 bits per heavy atom. The molecule has 0 bridgehead atoms. The number of hydrogen-bond acceptors (Lipinski definition) is 4. The maximum absolute atomic E-state index is 11.7. The molecule has 2 rings (SSSR count). The van der Waals surface area contributed by atoms with Gasteiger partial charge >= 0.3 is 0 Å². The molecule has 2 N–H and O–H groups in total. The lowest BCUT2D eigenvalue weighted by Gasteiger charge is -2.00. The second kappa shape index (κ2) is 3.05. The topological polar surface area (TPSA) is 75.6 Å². The SMILES string of the molecule is CC(C)n1oc2cc(O)c(O)cc2c1=O. The average molecular weight is 209 g/mol. The molecule has 0 saturated heterocycles. The molecule has 15 heavy (non-hydrogen) atoms. The largest absolute Gasteiger partial charge is 0.504 e. The summed E-state index contributed by atoms with van der Waals surface area (Å²) in [6.45, 7) is 3.62. The van der Waals surface area contributed by atoms with Gasteiger partial charge in [-0.2, -0.15) is 4.74 Å². The number of fused-ring (bicyclic) bond motifs is 1. The highest BCUT2D eigenvalue weighted by molar-refractivity contribution is 5.80. The van der Waals surface area contributed by atoms with Crippen molar-refractivity contribution in [2.45, 2.75) is 19.9 Å². The van der Waals surface area contributed by atoms with E-state index in [2.05, 4.69) is 0 Å². The smallest absolute Gasteiger partial charge is 0.290 e. The lowest BCUT2D eigenvalue weighted by molar-refractivity contribution is 0.250. The van der Waals surface area contributed by atoms with Gasteiger partial charge in [0.25, 0.3) is 5.56 Å². The normalized spacial score (nSPS) is 11.4. The summed E-state index contributed by atoms with van der Waals surface area (Å²) in [4.78, 5) is 11.7. The van der Waals surface area contributed by atoms with Gasteiger partial charge in [0, 0.05) is 12.1 Å². The van der Waals surface area contributed by atoms with E-state index in [1.54, 1.807) is 0 Å². The third kappa shape index (κ3) is 1.36. The van der Waals surface area contributed by atoms with E-state index >= 15 is 0 Å². The van der Waals surface area contributed by atoms with E-state index < -0.39 is 0 Å². The monoisotopic (exact) mass is 209 g/mol. The fraction of sp³-hybridized carbons (Fsp3) is 0.300. The number of benzene rings is 1. The lowest BCUT2D eigenvalue weighted by Crippen LogP contribution is -2.15. The lowest BCUT2D eigenvalue weighted by atomic mass is 10.2. The summed E-state index contributed by atoms with van der Waals surface area (Å²) in [7, 11) is 0. The van der Waals surface area contributed by atoms with Crippen LogP contribution in [0.5, 0.6) is 11.5 Å². The van der Waals surface area contributed by atoms with Crippen LogP contribution in [-0.2, 0) is 0 Å². The zero-order valence-corrected chi connectivity index (χ0v) is 8.39. The van der Waals surface area contributed by atoms with E-state index in [0.29, 0.717) is 0 Å². The van der Waals surface area contributed by atoms with Crippen molar-refractivity contribution in [3.63, 3.8) is 0 Å². The first-order valence-electron chi connectivity index (χ1n) is 4.58. The molecule has 0 amide bonds. The number of hydrogen-bond donors (Lipinski definition) is 2. The highest BCUT2D eigenvalue weighted by Crippen LogP contribution is 2.29. The molecule has 5 heteroatoms. The zero-order chi connectivity index (χ0) is 11.2. The van der Waals surface area contributed by atoms with Crippen molar-refractivity contribution in [1.82, 2.24) is 4.74 Å². The van der Waals surface area contributed by atoms with Gasteiger partial charge in [-0.25, -0.2) is 0 Å². The quantitative estimate of drug-likeness (QED) is 0.699. The van der Waals surface area contributed by atoms with E-state index in [0.717, 1.165) is 0 Å². The molecule has 80 valence electrons. The molecule has 0 aliphatic heterocycles. The molecule has 0 spiro atoms. The number of phenols is 2. The molecule has 1 aromatic heterocycles. The molecule has 0 atom stereocenters. The molecule has 5 nitrogen and oxygen atoms in total. The summed E-state index contributed by atoms with van der Waals surface area (Å²) >= 11 is 0. The van der Waals surface area contributed by atoms with Gasteiger partial charge < -0.3 is 14.7 Å². The Hall–Kier alpha value is -1.91. The van der Waals surface area contributed by atoms with Crippen LogP contribution in [0, 0.1) is 0 Å². The zero-order valence-electron chi connectivity index (χ0n) is 8.39. The fourth-order valence-electron chi connectivity index (χ4n) is 1.41. The maximum Gasteiger partial charge on any atom is 0.290 e. The summed E-state index contributed by atoms with van der Waals surface area (Å²) in [6.07, 6.45) is 0. The molecular formula is C10H11NO4. The third-order valence-corrected chi connectivity index (χ3v) is 2.17. The van der Waals surface area contributed by atoms with Crippen LogP contribution >= 0.6 is 0 Å². The minimum atomic E-state index is -0.323. The van der Waals surface area contributed by atoms with Gasteiger partial charge in [0.2, 0.25) is 0 Å². The van der Waals surface area contributed by atoms with Gasteiger partial charge in [0.05, 0.1) is 11.4 Å². The van der Waals surface area contributed by atoms with E-state index in [1.165, 1.54) is 16.9 Å². The van der Waals surface area contributed by atoms with E-state index in [-0.39, 0.29) is 34.1 Å². The van der Waals surface area contributed by atoms with Crippen LogP contribution < -0.4 is 5.56 Å². The van der Waals surface area contributed by atoms with Crippen molar-refractivity contribution in [3.05, 3.63) is 22.5 Å². The van der Waals surface area contributed by atoms with Crippen molar-refractivity contribution in [1.29, 1.82) is 0 Å². The number of aromatic nitrogens is 1. The van der Waals surface area contributed by atoms with Crippen molar-refractivity contribution in [2.24, 2.45) is 0 Å². The molecule has 1 heterocycles. The first-order valence-corrected chi connectivity index (χ1v) is 4.58. The Balaban J connectivity index is 2.83. The molecule has 0 fully saturated rings. The van der Waals surface area contributed by atoms with Crippen LogP contribution in [0.2, 0.25) is 0 Å². The van der Waals surface area contributed by atoms with E-state index in [9.17, 15) is 15.0 Å². The van der Waals surface area contributed by atoms with Gasteiger partial charge in [-0.05, 0) is 13.8 Å². The van der Waals surface area contributed by atoms with Crippen molar-refractivity contribution >= 4 is 11.0 Å². The van der Waals surface area contributed by atoms with Gasteiger partial charge in [-0.3, -0.25) is 4.79 Å². The molecule has 0 saturated carbocycles. The van der Waals surface area contributed by atoms with Crippen LogP contribution in [0.15, 0.2) is 21.5 Å². The van der Waals surface area contributed by atoms with Crippen LogP contribution in [0.25, 0.3) is 11.0 Å². The Kier molecular flexibility index (Phi) is 1.96. The highest BCUT2D eigenvalue weighted by atomic mass is 16.5. The molecule has 1 aromatic carbocycles. The molecule has 0 radical (unpaired) electrons. The predicted molar refractivity (Wildman–Crippen MR) is 54.2 cm³/mol. The molecule has 2 aromatic rings. The van der Waals surface area contributed by atoms with Gasteiger partial charge in [0.15, 0.2) is 17.1 Å². The fourth-order valence-corrected chi connectivity index (χ4v) is 1.41. The summed E-state index contributed by atoms with van der Waals surface area (Å²) in [6, 6.07) is 2.33. The van der Waals surface area contributed by atoms with Gasteiger partial charge in [0.1, 0.15) is 0 Å². The van der Waals surface area contributed by atoms with Crippen LogP contribution in [0.4, 0.5) is 0 Å². The Morgan fingerprint density at radius 1 is 1.27 bits per heavy atom. The summed E-state index contributed by atoms with van der Waals surface area (Å²) < 4.78 is 6.43. The number of nitrogens with zero attached hydrogens (tertiary/aromatic N) is 1. The minimum Gasteiger partial charge on any atom is -0.504 e. The van der Waals surface area contributed by atoms with E-state index in [1.807, 2.05) is 13.8 Å². The first kappa shape index (κ1) is 9.64. The molecular weight excluding hydrogens is 198 g/mol. The Morgan fingerprint density at radius 2 is 1.87 bits per heavy atom.